The molecule has 138 valence electrons. The summed E-state index contributed by atoms with van der Waals surface area (Å²) in [5, 5.41) is 2.97. The molecule has 0 aromatic carbocycles. The number of carbonyl (C=O) groups excluding carboxylic acids is 2. The molecule has 1 N–H and O–H groups in total. The average molecular weight is 386 g/mol. The zero-order valence-corrected chi connectivity index (χ0v) is 15.8. The Bertz CT molecular complexity index is 604. The van der Waals surface area contributed by atoms with Crippen molar-refractivity contribution in [1.82, 2.24) is 15.1 Å². The number of hydrogen-bond acceptors (Lipinski definition) is 5. The maximum absolute atomic E-state index is 12.4. The lowest BCUT2D eigenvalue weighted by molar-refractivity contribution is -0.138. The normalized spacial score (nSPS) is 22.2. The summed E-state index contributed by atoms with van der Waals surface area (Å²) in [6, 6.07) is 3.76. The molecule has 3 rings (SSSR count). The third kappa shape index (κ3) is 5.41. The molecular formula is C17H24ClN3O3S. The van der Waals surface area contributed by atoms with Crippen molar-refractivity contribution in [3.63, 3.8) is 0 Å². The van der Waals surface area contributed by atoms with Crippen molar-refractivity contribution in [2.45, 2.75) is 19.4 Å². The van der Waals surface area contributed by atoms with E-state index in [-0.39, 0.29) is 17.7 Å². The number of rotatable bonds is 6. The Morgan fingerprint density at radius 2 is 2.12 bits per heavy atom. The van der Waals surface area contributed by atoms with Gasteiger partial charge in [-0.25, -0.2) is 0 Å². The monoisotopic (exact) mass is 385 g/mol. The molecule has 6 nitrogen and oxygen atoms in total. The number of hydrogen-bond donors (Lipinski definition) is 1. The predicted molar refractivity (Wildman–Crippen MR) is 97.7 cm³/mol. The first-order chi connectivity index (χ1) is 12.1. The summed E-state index contributed by atoms with van der Waals surface area (Å²) >= 11 is 7.38. The fraction of sp³-hybridized carbons (Fsp3) is 0.647. The molecule has 1 unspecified atom stereocenters. The van der Waals surface area contributed by atoms with Crippen LogP contribution in [0.25, 0.3) is 0 Å². The summed E-state index contributed by atoms with van der Waals surface area (Å²) < 4.78 is 6.07. The molecule has 2 aliphatic rings. The SMILES string of the molecule is O=C(NCc1ccc(Cl)s1)C1CCC(=O)N(CCN2CCOCC2)C1. The Morgan fingerprint density at radius 3 is 2.84 bits per heavy atom. The molecule has 3 heterocycles. The highest BCUT2D eigenvalue weighted by molar-refractivity contribution is 7.16. The standard InChI is InChI=1S/C17H24ClN3O3S/c18-15-3-2-14(25-15)11-19-17(23)13-1-4-16(22)21(12-13)6-5-20-7-9-24-10-8-20/h2-3,13H,1,4-12H2,(H,19,23). The van der Waals surface area contributed by atoms with Crippen LogP contribution in [0.5, 0.6) is 0 Å². The lowest BCUT2D eigenvalue weighted by Gasteiger charge is -2.34. The summed E-state index contributed by atoms with van der Waals surface area (Å²) in [7, 11) is 0. The number of thiophene rings is 1. The first-order valence-corrected chi connectivity index (χ1v) is 9.91. The van der Waals surface area contributed by atoms with Crippen molar-refractivity contribution >= 4 is 34.8 Å². The van der Waals surface area contributed by atoms with Crippen molar-refractivity contribution in [2.75, 3.05) is 45.9 Å². The first-order valence-electron chi connectivity index (χ1n) is 8.71. The van der Waals surface area contributed by atoms with Crippen LogP contribution in [-0.4, -0.2) is 67.6 Å². The van der Waals surface area contributed by atoms with Gasteiger partial charge < -0.3 is 15.0 Å². The van der Waals surface area contributed by atoms with E-state index in [1.165, 1.54) is 11.3 Å². The van der Waals surface area contributed by atoms with E-state index in [0.29, 0.717) is 32.5 Å². The van der Waals surface area contributed by atoms with Gasteiger partial charge in [0.2, 0.25) is 11.8 Å². The number of ether oxygens (including phenoxy) is 1. The molecule has 25 heavy (non-hydrogen) atoms. The lowest BCUT2D eigenvalue weighted by Crippen LogP contribution is -2.49. The van der Waals surface area contributed by atoms with Crippen LogP contribution < -0.4 is 5.32 Å². The second-order valence-electron chi connectivity index (χ2n) is 6.45. The van der Waals surface area contributed by atoms with Gasteiger partial charge in [0.15, 0.2) is 0 Å². The average Bonchev–Trinajstić information content (AvgIpc) is 3.05. The molecule has 0 spiro atoms. The van der Waals surface area contributed by atoms with E-state index in [1.54, 1.807) is 0 Å². The van der Waals surface area contributed by atoms with Gasteiger partial charge in [0.25, 0.3) is 0 Å². The summed E-state index contributed by atoms with van der Waals surface area (Å²) in [6.07, 6.45) is 1.08. The lowest BCUT2D eigenvalue weighted by atomic mass is 9.96. The second kappa shape index (κ2) is 8.98. The van der Waals surface area contributed by atoms with Crippen LogP contribution in [0.2, 0.25) is 4.34 Å². The number of nitrogens with one attached hydrogen (secondary N) is 1. The van der Waals surface area contributed by atoms with Gasteiger partial charge in [-0.1, -0.05) is 11.6 Å². The highest BCUT2D eigenvalue weighted by atomic mass is 35.5. The maximum Gasteiger partial charge on any atom is 0.225 e. The van der Waals surface area contributed by atoms with Gasteiger partial charge in [-0.15, -0.1) is 11.3 Å². The van der Waals surface area contributed by atoms with Crippen molar-refractivity contribution < 1.29 is 14.3 Å². The van der Waals surface area contributed by atoms with Crippen LogP contribution in [0.3, 0.4) is 0 Å². The Kier molecular flexibility index (Phi) is 6.70. The highest BCUT2D eigenvalue weighted by Crippen LogP contribution is 2.22. The topological polar surface area (TPSA) is 61.9 Å². The van der Waals surface area contributed by atoms with Gasteiger partial charge in [-0.3, -0.25) is 14.5 Å². The summed E-state index contributed by atoms with van der Waals surface area (Å²) in [4.78, 5) is 29.8. The number of nitrogens with zero attached hydrogens (tertiary/aromatic N) is 2. The van der Waals surface area contributed by atoms with E-state index in [0.717, 1.165) is 42.1 Å². The summed E-state index contributed by atoms with van der Waals surface area (Å²) in [5.74, 6) is 0.0496. The zero-order valence-electron chi connectivity index (χ0n) is 14.2. The van der Waals surface area contributed by atoms with Crippen LogP contribution in [0.15, 0.2) is 12.1 Å². The fourth-order valence-electron chi connectivity index (χ4n) is 3.20. The number of morpholine rings is 1. The van der Waals surface area contributed by atoms with Gasteiger partial charge in [-0.05, 0) is 18.6 Å². The third-order valence-electron chi connectivity index (χ3n) is 4.73. The van der Waals surface area contributed by atoms with Gasteiger partial charge in [0.05, 0.1) is 30.0 Å². The summed E-state index contributed by atoms with van der Waals surface area (Å²) in [6.45, 7) is 5.87. The molecule has 0 bridgehead atoms. The van der Waals surface area contributed by atoms with Gasteiger partial charge in [-0.2, -0.15) is 0 Å². The molecule has 2 saturated heterocycles. The molecule has 2 fully saturated rings. The van der Waals surface area contributed by atoms with Crippen LogP contribution in [0, 0.1) is 5.92 Å². The number of amides is 2. The molecule has 1 aromatic heterocycles. The molecule has 0 saturated carbocycles. The maximum atomic E-state index is 12.4. The smallest absolute Gasteiger partial charge is 0.225 e. The Hall–Kier alpha value is -1.15. The van der Waals surface area contributed by atoms with Crippen LogP contribution in [0.4, 0.5) is 0 Å². The fourth-order valence-corrected chi connectivity index (χ4v) is 4.22. The van der Waals surface area contributed by atoms with Crippen LogP contribution in [-0.2, 0) is 20.9 Å². The van der Waals surface area contributed by atoms with Crippen molar-refractivity contribution in [1.29, 1.82) is 0 Å². The Balaban J connectivity index is 1.45. The highest BCUT2D eigenvalue weighted by Gasteiger charge is 2.30. The number of piperidine rings is 1. The van der Waals surface area contributed by atoms with Crippen molar-refractivity contribution in [3.8, 4) is 0 Å². The van der Waals surface area contributed by atoms with E-state index in [1.807, 2.05) is 17.0 Å². The molecule has 8 heteroatoms. The largest absolute Gasteiger partial charge is 0.379 e. The van der Waals surface area contributed by atoms with Crippen LogP contribution >= 0.6 is 22.9 Å². The number of carbonyl (C=O) groups is 2. The molecule has 2 aliphatic heterocycles. The van der Waals surface area contributed by atoms with Gasteiger partial charge in [0.1, 0.15) is 0 Å². The Morgan fingerprint density at radius 1 is 1.32 bits per heavy atom. The molecular weight excluding hydrogens is 362 g/mol. The van der Waals surface area contributed by atoms with E-state index >= 15 is 0 Å². The molecule has 0 aliphatic carbocycles. The minimum absolute atomic E-state index is 0.0217. The van der Waals surface area contributed by atoms with E-state index in [2.05, 4.69) is 10.2 Å². The molecule has 1 aromatic rings. The quantitative estimate of drug-likeness (QED) is 0.807. The molecule has 0 radical (unpaired) electrons. The Labute approximate surface area is 157 Å². The summed E-state index contributed by atoms with van der Waals surface area (Å²) in [5.41, 5.74) is 0. The van der Waals surface area contributed by atoms with Gasteiger partial charge >= 0.3 is 0 Å². The molecule has 2 amide bonds. The predicted octanol–water partition coefficient (Wildman–Crippen LogP) is 1.59. The molecule has 1 atom stereocenters. The second-order valence-corrected chi connectivity index (χ2v) is 8.25. The van der Waals surface area contributed by atoms with Crippen molar-refractivity contribution in [2.24, 2.45) is 5.92 Å². The number of likely N-dealkylation sites (tertiary alicyclic amines) is 1. The van der Waals surface area contributed by atoms with E-state index in [4.69, 9.17) is 16.3 Å². The zero-order chi connectivity index (χ0) is 17.6. The minimum Gasteiger partial charge on any atom is -0.379 e. The number of halogens is 1. The van der Waals surface area contributed by atoms with Crippen molar-refractivity contribution in [3.05, 3.63) is 21.3 Å². The third-order valence-corrected chi connectivity index (χ3v) is 5.96. The van der Waals surface area contributed by atoms with Crippen LogP contribution in [0.1, 0.15) is 17.7 Å². The van der Waals surface area contributed by atoms with Gasteiger partial charge in [0, 0.05) is 44.0 Å². The first kappa shape index (κ1) is 18.6. The minimum atomic E-state index is -0.127. The van der Waals surface area contributed by atoms with E-state index in [9.17, 15) is 9.59 Å². The van der Waals surface area contributed by atoms with E-state index < -0.39 is 0 Å².